The molecule has 1 rings (SSSR count). The van der Waals surface area contributed by atoms with Crippen molar-refractivity contribution in [1.82, 2.24) is 5.32 Å². The Labute approximate surface area is 105 Å². The highest BCUT2D eigenvalue weighted by atomic mass is 35.5. The smallest absolute Gasteiger partial charge is 0.251 e. The van der Waals surface area contributed by atoms with Crippen LogP contribution in [0.15, 0.2) is 18.2 Å². The second-order valence-corrected chi connectivity index (χ2v) is 4.73. The van der Waals surface area contributed by atoms with Crippen LogP contribution in [0.4, 0.5) is 0 Å². The van der Waals surface area contributed by atoms with E-state index in [1.54, 1.807) is 25.1 Å². The summed E-state index contributed by atoms with van der Waals surface area (Å²) < 4.78 is 0. The van der Waals surface area contributed by atoms with Crippen LogP contribution < -0.4 is 5.32 Å². The summed E-state index contributed by atoms with van der Waals surface area (Å²) in [5.41, 5.74) is -0.0518. The monoisotopic (exact) mass is 257 g/mol. The summed E-state index contributed by atoms with van der Waals surface area (Å²) in [7, 11) is 0. The van der Waals surface area contributed by atoms with Gasteiger partial charge in [-0.15, -0.1) is 0 Å². The number of carbonyl (C=O) groups excluding carboxylic acids is 1. The average Bonchev–Trinajstić information content (AvgIpc) is 2.29. The molecule has 0 saturated heterocycles. The molecule has 0 bridgehead atoms. The fraction of sp³-hybridized carbons (Fsp3) is 0.417. The first-order valence-electron chi connectivity index (χ1n) is 5.23. The summed E-state index contributed by atoms with van der Waals surface area (Å²) in [5, 5.41) is 21.4. The van der Waals surface area contributed by atoms with Crippen LogP contribution in [0.3, 0.4) is 0 Å². The third kappa shape index (κ3) is 4.00. The van der Waals surface area contributed by atoms with E-state index in [-0.39, 0.29) is 12.5 Å². The number of halogens is 1. The van der Waals surface area contributed by atoms with E-state index in [9.17, 15) is 9.90 Å². The Kier molecular flexibility index (Phi) is 4.51. The van der Waals surface area contributed by atoms with Gasteiger partial charge in [-0.2, -0.15) is 0 Å². The first-order valence-corrected chi connectivity index (χ1v) is 5.61. The van der Waals surface area contributed by atoms with Gasteiger partial charge in [0.2, 0.25) is 0 Å². The van der Waals surface area contributed by atoms with Crippen LogP contribution in [0, 0.1) is 6.92 Å². The lowest BCUT2D eigenvalue weighted by atomic mass is 10.1. The van der Waals surface area contributed by atoms with Crippen molar-refractivity contribution in [3.05, 3.63) is 34.3 Å². The lowest BCUT2D eigenvalue weighted by molar-refractivity contribution is 0.00319. The molecule has 0 aromatic heterocycles. The third-order valence-electron chi connectivity index (χ3n) is 2.41. The summed E-state index contributed by atoms with van der Waals surface area (Å²) in [6, 6.07) is 5.03. The van der Waals surface area contributed by atoms with Gasteiger partial charge < -0.3 is 15.5 Å². The summed E-state index contributed by atoms with van der Waals surface area (Å²) in [4.78, 5) is 11.8. The van der Waals surface area contributed by atoms with Crippen LogP contribution in [-0.4, -0.2) is 34.9 Å². The molecule has 5 heteroatoms. The molecule has 1 atom stereocenters. The number of nitrogens with one attached hydrogen (secondary N) is 1. The molecule has 0 radical (unpaired) electrons. The number of hydrogen-bond donors (Lipinski definition) is 3. The van der Waals surface area contributed by atoms with Crippen LogP contribution in [0.5, 0.6) is 0 Å². The maximum Gasteiger partial charge on any atom is 0.251 e. The molecule has 0 aliphatic heterocycles. The Morgan fingerprint density at radius 2 is 2.18 bits per heavy atom. The Morgan fingerprint density at radius 3 is 2.76 bits per heavy atom. The zero-order valence-electron chi connectivity index (χ0n) is 9.83. The first kappa shape index (κ1) is 14.0. The van der Waals surface area contributed by atoms with E-state index in [0.29, 0.717) is 10.6 Å². The molecular formula is C12H16ClNO3. The minimum Gasteiger partial charge on any atom is -0.393 e. The molecule has 1 amide bonds. The van der Waals surface area contributed by atoms with Gasteiger partial charge in [0.1, 0.15) is 5.60 Å². The Bertz CT molecular complexity index is 418. The van der Waals surface area contributed by atoms with Crippen LogP contribution in [0.25, 0.3) is 0 Å². The van der Waals surface area contributed by atoms with Crippen molar-refractivity contribution in [1.29, 1.82) is 0 Å². The molecule has 94 valence electrons. The van der Waals surface area contributed by atoms with Crippen molar-refractivity contribution in [3.63, 3.8) is 0 Å². The van der Waals surface area contributed by atoms with Crippen molar-refractivity contribution in [2.75, 3.05) is 13.2 Å². The molecule has 0 fully saturated rings. The summed E-state index contributed by atoms with van der Waals surface area (Å²) in [6.45, 7) is 2.81. The fourth-order valence-electron chi connectivity index (χ4n) is 1.26. The first-order chi connectivity index (χ1) is 7.85. The van der Waals surface area contributed by atoms with Crippen molar-refractivity contribution in [2.45, 2.75) is 19.4 Å². The van der Waals surface area contributed by atoms with Crippen LogP contribution in [0.1, 0.15) is 22.8 Å². The molecule has 0 saturated carbocycles. The number of rotatable bonds is 4. The zero-order valence-corrected chi connectivity index (χ0v) is 10.6. The molecule has 1 aromatic carbocycles. The van der Waals surface area contributed by atoms with Gasteiger partial charge in [0, 0.05) is 17.1 Å². The second-order valence-electron chi connectivity index (χ2n) is 4.30. The number of carbonyl (C=O) groups is 1. The normalized spacial score (nSPS) is 14.2. The Morgan fingerprint density at radius 1 is 1.53 bits per heavy atom. The SMILES string of the molecule is Cc1ccc(Cl)cc1C(=O)NCC(C)(O)CO. The minimum absolute atomic E-state index is 0.0196. The van der Waals surface area contributed by atoms with E-state index >= 15 is 0 Å². The maximum absolute atomic E-state index is 11.8. The number of aliphatic hydroxyl groups is 2. The molecule has 1 aromatic rings. The Hall–Kier alpha value is -1.10. The van der Waals surface area contributed by atoms with Gasteiger partial charge in [-0.1, -0.05) is 17.7 Å². The van der Waals surface area contributed by atoms with E-state index < -0.39 is 12.2 Å². The van der Waals surface area contributed by atoms with Crippen molar-refractivity contribution < 1.29 is 15.0 Å². The lowest BCUT2D eigenvalue weighted by Gasteiger charge is -2.20. The zero-order chi connectivity index (χ0) is 13.1. The Balaban J connectivity index is 2.74. The highest BCUT2D eigenvalue weighted by molar-refractivity contribution is 6.31. The number of aliphatic hydroxyl groups excluding tert-OH is 1. The summed E-state index contributed by atoms with van der Waals surface area (Å²) in [6.07, 6.45) is 0. The van der Waals surface area contributed by atoms with Crippen molar-refractivity contribution in [3.8, 4) is 0 Å². The quantitative estimate of drug-likeness (QED) is 0.757. The van der Waals surface area contributed by atoms with E-state index in [4.69, 9.17) is 16.7 Å². The fourth-order valence-corrected chi connectivity index (χ4v) is 1.43. The molecule has 0 spiro atoms. The van der Waals surface area contributed by atoms with E-state index in [1.807, 2.05) is 0 Å². The van der Waals surface area contributed by atoms with Gasteiger partial charge in [-0.05, 0) is 31.5 Å². The molecule has 3 N–H and O–H groups in total. The molecule has 17 heavy (non-hydrogen) atoms. The van der Waals surface area contributed by atoms with Gasteiger partial charge >= 0.3 is 0 Å². The molecule has 1 unspecified atom stereocenters. The van der Waals surface area contributed by atoms with E-state index in [2.05, 4.69) is 5.32 Å². The highest BCUT2D eigenvalue weighted by Crippen LogP contribution is 2.15. The van der Waals surface area contributed by atoms with E-state index in [1.165, 1.54) is 6.92 Å². The summed E-state index contributed by atoms with van der Waals surface area (Å²) >= 11 is 5.81. The molecule has 4 nitrogen and oxygen atoms in total. The van der Waals surface area contributed by atoms with Gasteiger partial charge in [-0.3, -0.25) is 4.79 Å². The minimum atomic E-state index is -1.32. The van der Waals surface area contributed by atoms with Gasteiger partial charge in [0.15, 0.2) is 0 Å². The topological polar surface area (TPSA) is 69.6 Å². The number of hydrogen-bond acceptors (Lipinski definition) is 3. The van der Waals surface area contributed by atoms with Gasteiger partial charge in [0.25, 0.3) is 5.91 Å². The van der Waals surface area contributed by atoms with Crippen molar-refractivity contribution in [2.24, 2.45) is 0 Å². The van der Waals surface area contributed by atoms with Gasteiger partial charge in [-0.25, -0.2) is 0 Å². The summed E-state index contributed by atoms with van der Waals surface area (Å²) in [5.74, 6) is -0.321. The molecule has 0 aliphatic carbocycles. The van der Waals surface area contributed by atoms with Crippen LogP contribution in [0.2, 0.25) is 5.02 Å². The van der Waals surface area contributed by atoms with Crippen molar-refractivity contribution >= 4 is 17.5 Å². The van der Waals surface area contributed by atoms with E-state index in [0.717, 1.165) is 5.56 Å². The third-order valence-corrected chi connectivity index (χ3v) is 2.65. The number of amides is 1. The largest absolute Gasteiger partial charge is 0.393 e. The predicted octanol–water partition coefficient (Wildman–Crippen LogP) is 1.12. The average molecular weight is 258 g/mol. The van der Waals surface area contributed by atoms with Gasteiger partial charge in [0.05, 0.1) is 6.61 Å². The molecule has 0 heterocycles. The lowest BCUT2D eigenvalue weighted by Crippen LogP contribution is -2.43. The molecular weight excluding hydrogens is 242 g/mol. The second kappa shape index (κ2) is 5.49. The molecule has 0 aliphatic rings. The number of benzene rings is 1. The van der Waals surface area contributed by atoms with Crippen LogP contribution in [-0.2, 0) is 0 Å². The number of aryl methyl sites for hydroxylation is 1. The standard InChI is InChI=1S/C12H16ClNO3/c1-8-3-4-9(13)5-10(8)11(16)14-6-12(2,17)7-15/h3-5,15,17H,6-7H2,1-2H3,(H,14,16). The maximum atomic E-state index is 11.8. The van der Waals surface area contributed by atoms with Crippen LogP contribution >= 0.6 is 11.6 Å². The highest BCUT2D eigenvalue weighted by Gasteiger charge is 2.20. The predicted molar refractivity (Wildman–Crippen MR) is 66.2 cm³/mol.